The van der Waals surface area contributed by atoms with E-state index in [9.17, 15) is 0 Å². The molecule has 0 saturated heterocycles. The van der Waals surface area contributed by atoms with Crippen molar-refractivity contribution in [2.45, 2.75) is 24.8 Å². The number of benzene rings is 1. The normalized spacial score (nSPS) is 16.6. The second-order valence-corrected chi connectivity index (χ2v) is 6.45. The van der Waals surface area contributed by atoms with Crippen molar-refractivity contribution in [1.82, 2.24) is 15.6 Å². The van der Waals surface area contributed by atoms with Crippen molar-refractivity contribution in [3.8, 4) is 11.5 Å². The van der Waals surface area contributed by atoms with E-state index < -0.39 is 0 Å². The van der Waals surface area contributed by atoms with E-state index in [2.05, 4.69) is 32.7 Å². The Kier molecular flexibility index (Phi) is 5.85. The van der Waals surface area contributed by atoms with Crippen molar-refractivity contribution in [2.24, 2.45) is 4.99 Å². The Labute approximate surface area is 170 Å². The van der Waals surface area contributed by atoms with Crippen molar-refractivity contribution in [1.29, 1.82) is 0 Å². The Hall–Kier alpha value is -2.03. The van der Waals surface area contributed by atoms with Crippen LogP contribution in [0.15, 0.2) is 47.6 Å². The van der Waals surface area contributed by atoms with E-state index in [1.807, 2.05) is 24.3 Å². The fourth-order valence-electron chi connectivity index (χ4n) is 3.10. The minimum absolute atomic E-state index is 0. The molecule has 0 atom stereocenters. The molecule has 0 radical (unpaired) electrons. The summed E-state index contributed by atoms with van der Waals surface area (Å²) >= 11 is 0. The first kappa shape index (κ1) is 18.8. The van der Waals surface area contributed by atoms with Crippen molar-refractivity contribution in [3.63, 3.8) is 0 Å². The molecule has 1 fully saturated rings. The number of rotatable bonds is 5. The number of pyridine rings is 1. The van der Waals surface area contributed by atoms with Crippen LogP contribution in [0.3, 0.4) is 0 Å². The Morgan fingerprint density at radius 1 is 1.15 bits per heavy atom. The molecule has 0 bridgehead atoms. The maximum absolute atomic E-state index is 5.51. The highest BCUT2D eigenvalue weighted by Gasteiger charge is 2.44. The molecular weight excluding hydrogens is 443 g/mol. The molecule has 4 rings (SSSR count). The lowest BCUT2D eigenvalue weighted by Crippen LogP contribution is -2.41. The van der Waals surface area contributed by atoms with Crippen LogP contribution >= 0.6 is 24.0 Å². The van der Waals surface area contributed by atoms with E-state index in [4.69, 9.17) is 9.47 Å². The van der Waals surface area contributed by atoms with E-state index in [1.54, 1.807) is 13.2 Å². The number of fused-ring (bicyclic) bond motifs is 1. The largest absolute Gasteiger partial charge is 0.454 e. The molecule has 0 spiro atoms. The lowest BCUT2D eigenvalue weighted by atomic mass is 9.95. The monoisotopic (exact) mass is 466 g/mol. The number of halogens is 1. The van der Waals surface area contributed by atoms with Gasteiger partial charge in [-0.2, -0.15) is 0 Å². The van der Waals surface area contributed by atoms with Crippen LogP contribution < -0.4 is 20.1 Å². The molecule has 2 heterocycles. The van der Waals surface area contributed by atoms with Crippen molar-refractivity contribution >= 4 is 29.9 Å². The molecule has 1 aromatic heterocycles. The van der Waals surface area contributed by atoms with Crippen LogP contribution in [0.2, 0.25) is 0 Å². The zero-order valence-corrected chi connectivity index (χ0v) is 17.0. The van der Waals surface area contributed by atoms with Crippen LogP contribution in [0.4, 0.5) is 0 Å². The van der Waals surface area contributed by atoms with Gasteiger partial charge in [0.2, 0.25) is 6.79 Å². The average Bonchev–Trinajstić information content (AvgIpc) is 3.31. The second kappa shape index (κ2) is 8.11. The zero-order chi connectivity index (χ0) is 17.1. The molecule has 7 heteroatoms. The Morgan fingerprint density at radius 2 is 2.00 bits per heavy atom. The summed E-state index contributed by atoms with van der Waals surface area (Å²) in [5.74, 6) is 2.47. The van der Waals surface area contributed by atoms with Gasteiger partial charge in [0.05, 0.1) is 12.2 Å². The van der Waals surface area contributed by atoms with Gasteiger partial charge in [-0.25, -0.2) is 0 Å². The number of aliphatic imine (C=N–C) groups is 1. The predicted octanol–water partition coefficient (Wildman–Crippen LogP) is 2.83. The fraction of sp³-hybridized carbons (Fsp3) is 0.368. The highest BCUT2D eigenvalue weighted by molar-refractivity contribution is 14.0. The Balaban J connectivity index is 0.00000196. The third-order valence-corrected chi connectivity index (χ3v) is 4.82. The number of hydrogen-bond acceptors (Lipinski definition) is 4. The number of guanidine groups is 1. The fourth-order valence-corrected chi connectivity index (χ4v) is 3.10. The molecule has 138 valence electrons. The summed E-state index contributed by atoms with van der Waals surface area (Å²) in [5.41, 5.74) is 2.44. The summed E-state index contributed by atoms with van der Waals surface area (Å²) in [6, 6.07) is 12.2. The average molecular weight is 466 g/mol. The highest BCUT2D eigenvalue weighted by atomic mass is 127. The summed E-state index contributed by atoms with van der Waals surface area (Å²) < 4.78 is 10.9. The van der Waals surface area contributed by atoms with Gasteiger partial charge in [-0.05, 0) is 42.7 Å². The molecular formula is C19H23IN4O2. The molecule has 2 N–H and O–H groups in total. The number of aromatic nitrogens is 1. The Morgan fingerprint density at radius 3 is 2.73 bits per heavy atom. The molecule has 1 aliphatic carbocycles. The smallest absolute Gasteiger partial charge is 0.231 e. The van der Waals surface area contributed by atoms with Crippen LogP contribution in [0.5, 0.6) is 11.5 Å². The lowest BCUT2D eigenvalue weighted by molar-refractivity contribution is 0.174. The van der Waals surface area contributed by atoms with E-state index in [0.717, 1.165) is 42.5 Å². The SMILES string of the molecule is CN=C(NCc1ccccn1)NCC1(c2ccc3c(c2)OCO3)CC1.I. The lowest BCUT2D eigenvalue weighted by Gasteiger charge is -2.19. The van der Waals surface area contributed by atoms with Crippen molar-refractivity contribution < 1.29 is 9.47 Å². The summed E-state index contributed by atoms with van der Waals surface area (Å²) in [5, 5.41) is 6.76. The topological polar surface area (TPSA) is 67.8 Å². The van der Waals surface area contributed by atoms with Crippen LogP contribution in [0.1, 0.15) is 24.1 Å². The molecule has 1 aromatic carbocycles. The third kappa shape index (κ3) is 4.03. The summed E-state index contributed by atoms with van der Waals surface area (Å²) in [6.07, 6.45) is 4.12. The molecule has 2 aliphatic rings. The quantitative estimate of drug-likeness (QED) is 0.403. The van der Waals surface area contributed by atoms with E-state index in [-0.39, 0.29) is 29.4 Å². The third-order valence-electron chi connectivity index (χ3n) is 4.82. The zero-order valence-electron chi connectivity index (χ0n) is 14.7. The summed E-state index contributed by atoms with van der Waals surface area (Å²) in [6.45, 7) is 1.81. The summed E-state index contributed by atoms with van der Waals surface area (Å²) in [4.78, 5) is 8.62. The molecule has 0 amide bonds. The van der Waals surface area contributed by atoms with Gasteiger partial charge in [-0.1, -0.05) is 12.1 Å². The maximum atomic E-state index is 5.51. The van der Waals surface area contributed by atoms with Gasteiger partial charge in [-0.3, -0.25) is 9.98 Å². The molecule has 6 nitrogen and oxygen atoms in total. The molecule has 26 heavy (non-hydrogen) atoms. The van der Waals surface area contributed by atoms with E-state index >= 15 is 0 Å². The van der Waals surface area contributed by atoms with Crippen molar-refractivity contribution in [2.75, 3.05) is 20.4 Å². The Bertz CT molecular complexity index is 778. The van der Waals surface area contributed by atoms with Gasteiger partial charge < -0.3 is 20.1 Å². The first-order chi connectivity index (χ1) is 12.3. The van der Waals surface area contributed by atoms with Gasteiger partial charge in [0, 0.05) is 25.2 Å². The second-order valence-electron chi connectivity index (χ2n) is 6.45. The van der Waals surface area contributed by atoms with Gasteiger partial charge in [0.1, 0.15) is 0 Å². The van der Waals surface area contributed by atoms with Crippen LogP contribution in [-0.4, -0.2) is 31.3 Å². The number of nitrogens with zero attached hydrogens (tertiary/aromatic N) is 2. The van der Waals surface area contributed by atoms with Gasteiger partial charge in [-0.15, -0.1) is 24.0 Å². The highest BCUT2D eigenvalue weighted by Crippen LogP contribution is 2.49. The van der Waals surface area contributed by atoms with E-state index in [1.165, 1.54) is 5.56 Å². The molecule has 1 aliphatic heterocycles. The minimum atomic E-state index is 0. The number of hydrogen-bond donors (Lipinski definition) is 2. The van der Waals surface area contributed by atoms with Crippen LogP contribution in [0.25, 0.3) is 0 Å². The van der Waals surface area contributed by atoms with Gasteiger partial charge in [0.15, 0.2) is 17.5 Å². The first-order valence-corrected chi connectivity index (χ1v) is 8.54. The van der Waals surface area contributed by atoms with Gasteiger partial charge >= 0.3 is 0 Å². The van der Waals surface area contributed by atoms with Crippen LogP contribution in [-0.2, 0) is 12.0 Å². The van der Waals surface area contributed by atoms with Crippen molar-refractivity contribution in [3.05, 3.63) is 53.9 Å². The number of nitrogens with one attached hydrogen (secondary N) is 2. The summed E-state index contributed by atoms with van der Waals surface area (Å²) in [7, 11) is 1.79. The maximum Gasteiger partial charge on any atom is 0.231 e. The molecule has 2 aromatic rings. The first-order valence-electron chi connectivity index (χ1n) is 8.54. The standard InChI is InChI=1S/C19H22N4O2.HI/c1-20-18(22-11-15-4-2-3-9-21-15)23-12-19(7-8-19)14-5-6-16-17(10-14)25-13-24-16;/h2-6,9-10H,7-8,11-13H2,1H3,(H2,20,22,23);1H. The van der Waals surface area contributed by atoms with E-state index in [0.29, 0.717) is 13.3 Å². The van der Waals surface area contributed by atoms with Gasteiger partial charge in [0.25, 0.3) is 0 Å². The predicted molar refractivity (Wildman–Crippen MR) is 111 cm³/mol. The minimum Gasteiger partial charge on any atom is -0.454 e. The number of ether oxygens (including phenoxy) is 2. The molecule has 1 saturated carbocycles. The molecule has 0 unspecified atom stereocenters. The van der Waals surface area contributed by atoms with Crippen LogP contribution in [0, 0.1) is 0 Å².